The number of hydrogen-bond donors (Lipinski definition) is 1. The maximum Gasteiger partial charge on any atom is 0.274 e. The van der Waals surface area contributed by atoms with E-state index in [-0.39, 0.29) is 33.9 Å². The van der Waals surface area contributed by atoms with Crippen LogP contribution >= 0.6 is 11.6 Å². The monoisotopic (exact) mass is 513 g/mol. The highest BCUT2D eigenvalue weighted by molar-refractivity contribution is 7.89. The summed E-state index contributed by atoms with van der Waals surface area (Å²) >= 11 is 5.92. The number of nitrogens with zero attached hydrogens (tertiary/aromatic N) is 2. The highest BCUT2D eigenvalue weighted by atomic mass is 35.5. The van der Waals surface area contributed by atoms with Crippen LogP contribution in [0.2, 0.25) is 5.02 Å². The molecule has 0 spiro atoms. The van der Waals surface area contributed by atoms with E-state index in [1.54, 1.807) is 54.1 Å². The Bertz CT molecular complexity index is 1440. The predicted molar refractivity (Wildman–Crippen MR) is 133 cm³/mol. The minimum Gasteiger partial charge on any atom is -0.497 e. The molecule has 2 unspecified atom stereocenters. The lowest BCUT2D eigenvalue weighted by Crippen LogP contribution is -2.49. The van der Waals surface area contributed by atoms with E-state index >= 15 is 0 Å². The van der Waals surface area contributed by atoms with Crippen molar-refractivity contribution in [1.82, 2.24) is 8.87 Å². The van der Waals surface area contributed by atoms with Crippen LogP contribution in [-0.4, -0.2) is 43.4 Å². The summed E-state index contributed by atoms with van der Waals surface area (Å²) in [6.07, 6.45) is 0.809. The van der Waals surface area contributed by atoms with E-state index in [4.69, 9.17) is 16.3 Å². The van der Waals surface area contributed by atoms with Gasteiger partial charge in [-0.05, 0) is 73.0 Å². The summed E-state index contributed by atoms with van der Waals surface area (Å²) in [4.78, 5) is 26.1. The Morgan fingerprint density at radius 1 is 1.00 bits per heavy atom. The molecule has 5 rings (SSSR count). The Hall–Kier alpha value is -3.14. The minimum absolute atomic E-state index is 0.00596. The molecular formula is C25H24ClN3O5S. The lowest BCUT2D eigenvalue weighted by atomic mass is 9.84. The third-order valence-electron chi connectivity index (χ3n) is 6.62. The molecule has 2 aromatic carbocycles. The molecule has 182 valence electrons. The van der Waals surface area contributed by atoms with E-state index in [2.05, 4.69) is 5.32 Å². The largest absolute Gasteiger partial charge is 0.497 e. The fourth-order valence-electron chi connectivity index (χ4n) is 4.89. The fourth-order valence-corrected chi connectivity index (χ4v) is 6.57. The summed E-state index contributed by atoms with van der Waals surface area (Å²) in [5.74, 6) is 0.132. The van der Waals surface area contributed by atoms with Gasteiger partial charge in [-0.3, -0.25) is 9.59 Å². The molecule has 2 aliphatic rings. The minimum atomic E-state index is -3.67. The molecule has 35 heavy (non-hydrogen) atoms. The van der Waals surface area contributed by atoms with Crippen molar-refractivity contribution in [3.05, 3.63) is 87.3 Å². The molecule has 2 bridgehead atoms. The smallest absolute Gasteiger partial charge is 0.274 e. The number of rotatable bonds is 5. The van der Waals surface area contributed by atoms with Gasteiger partial charge in [-0.1, -0.05) is 11.6 Å². The first kappa shape index (κ1) is 23.6. The SMILES string of the molecule is COc1ccc(C(=O)Nc2ccc3n(c2=O)CC2CC3CN(S(=O)(=O)c3ccc(Cl)cc3)C2)cc1. The maximum atomic E-state index is 13.2. The van der Waals surface area contributed by atoms with Gasteiger partial charge in [0.15, 0.2) is 0 Å². The number of anilines is 1. The molecule has 1 N–H and O–H groups in total. The van der Waals surface area contributed by atoms with Gasteiger partial charge in [-0.25, -0.2) is 8.42 Å². The topological polar surface area (TPSA) is 97.7 Å². The quantitative estimate of drug-likeness (QED) is 0.562. The van der Waals surface area contributed by atoms with E-state index in [9.17, 15) is 18.0 Å². The highest BCUT2D eigenvalue weighted by Gasteiger charge is 2.39. The van der Waals surface area contributed by atoms with Crippen molar-refractivity contribution >= 4 is 33.2 Å². The number of sulfonamides is 1. The van der Waals surface area contributed by atoms with Crippen LogP contribution in [0.4, 0.5) is 5.69 Å². The first-order chi connectivity index (χ1) is 16.8. The van der Waals surface area contributed by atoms with E-state index < -0.39 is 10.0 Å². The predicted octanol–water partition coefficient (Wildman–Crippen LogP) is 3.57. The van der Waals surface area contributed by atoms with Crippen LogP contribution in [0, 0.1) is 5.92 Å². The van der Waals surface area contributed by atoms with Crippen LogP contribution in [0.15, 0.2) is 70.4 Å². The van der Waals surface area contributed by atoms with Crippen molar-refractivity contribution in [2.75, 3.05) is 25.5 Å². The van der Waals surface area contributed by atoms with Crippen molar-refractivity contribution in [3.8, 4) is 5.75 Å². The van der Waals surface area contributed by atoms with Gasteiger partial charge < -0.3 is 14.6 Å². The molecule has 0 radical (unpaired) electrons. The maximum absolute atomic E-state index is 13.2. The van der Waals surface area contributed by atoms with Crippen LogP contribution in [0.3, 0.4) is 0 Å². The normalized spacial score (nSPS) is 19.6. The summed E-state index contributed by atoms with van der Waals surface area (Å²) in [7, 11) is -2.13. The van der Waals surface area contributed by atoms with Crippen molar-refractivity contribution in [2.45, 2.75) is 23.8 Å². The molecule has 3 aromatic rings. The number of amides is 1. The number of piperidine rings is 1. The average molecular weight is 514 g/mol. The summed E-state index contributed by atoms with van der Waals surface area (Å²) in [6, 6.07) is 16.2. The molecule has 8 nitrogen and oxygen atoms in total. The van der Waals surface area contributed by atoms with Gasteiger partial charge in [0.05, 0.1) is 12.0 Å². The molecule has 1 fully saturated rings. The second kappa shape index (κ2) is 9.14. The second-order valence-electron chi connectivity index (χ2n) is 8.84. The third kappa shape index (κ3) is 4.47. The number of methoxy groups -OCH3 is 1. The summed E-state index contributed by atoms with van der Waals surface area (Å²) in [5, 5.41) is 3.18. The Morgan fingerprint density at radius 3 is 2.40 bits per heavy atom. The molecule has 2 atom stereocenters. The number of ether oxygens (including phenoxy) is 1. The van der Waals surface area contributed by atoms with Crippen molar-refractivity contribution in [2.24, 2.45) is 5.92 Å². The number of halogens is 1. The third-order valence-corrected chi connectivity index (χ3v) is 8.72. The Morgan fingerprint density at radius 2 is 1.71 bits per heavy atom. The van der Waals surface area contributed by atoms with Gasteiger partial charge in [0.1, 0.15) is 11.4 Å². The zero-order chi connectivity index (χ0) is 24.7. The standard InChI is InChI=1S/C25H24ClN3O5S/c1-34-20-6-2-17(3-7-20)24(30)27-22-10-11-23-18-12-16(14-29(23)25(22)31)13-28(15-18)35(32,33)21-8-4-19(26)5-9-21/h2-11,16,18H,12-15H2,1H3,(H,27,30). The fraction of sp³-hybridized carbons (Fsp3) is 0.280. The molecule has 2 aliphatic heterocycles. The van der Waals surface area contributed by atoms with E-state index in [1.807, 2.05) is 6.07 Å². The molecule has 3 heterocycles. The molecule has 1 amide bonds. The molecule has 0 aliphatic carbocycles. The number of carbonyl (C=O) groups excluding carboxylic acids is 1. The zero-order valence-electron chi connectivity index (χ0n) is 19.0. The number of pyridine rings is 1. The van der Waals surface area contributed by atoms with Crippen LogP contribution in [-0.2, 0) is 16.6 Å². The highest BCUT2D eigenvalue weighted by Crippen LogP contribution is 2.37. The Labute approximate surface area is 208 Å². The summed E-state index contributed by atoms with van der Waals surface area (Å²) in [6.45, 7) is 1.01. The van der Waals surface area contributed by atoms with Crippen LogP contribution < -0.4 is 15.6 Å². The molecule has 1 saturated heterocycles. The molecule has 1 aromatic heterocycles. The first-order valence-corrected chi connectivity index (χ1v) is 13.0. The van der Waals surface area contributed by atoms with Crippen LogP contribution in [0.1, 0.15) is 28.4 Å². The Balaban J connectivity index is 1.38. The molecule has 10 heteroatoms. The number of hydrogen-bond acceptors (Lipinski definition) is 5. The van der Waals surface area contributed by atoms with Gasteiger partial charge >= 0.3 is 0 Å². The molecule has 0 saturated carbocycles. The number of carbonyl (C=O) groups is 1. The summed E-state index contributed by atoms with van der Waals surface area (Å²) < 4.78 is 34.7. The first-order valence-electron chi connectivity index (χ1n) is 11.2. The van der Waals surface area contributed by atoms with E-state index in [0.29, 0.717) is 36.0 Å². The van der Waals surface area contributed by atoms with E-state index in [1.165, 1.54) is 16.4 Å². The van der Waals surface area contributed by atoms with Crippen LogP contribution in [0.25, 0.3) is 0 Å². The Kier molecular flexibility index (Phi) is 6.16. The van der Waals surface area contributed by atoms with Crippen molar-refractivity contribution in [1.29, 1.82) is 0 Å². The average Bonchev–Trinajstić information content (AvgIpc) is 2.86. The van der Waals surface area contributed by atoms with Crippen molar-refractivity contribution in [3.63, 3.8) is 0 Å². The van der Waals surface area contributed by atoms with Gasteiger partial charge in [0.2, 0.25) is 10.0 Å². The van der Waals surface area contributed by atoms with Gasteiger partial charge in [0.25, 0.3) is 11.5 Å². The van der Waals surface area contributed by atoms with Crippen LogP contribution in [0.5, 0.6) is 5.75 Å². The van der Waals surface area contributed by atoms with Gasteiger partial charge in [-0.2, -0.15) is 4.31 Å². The number of aromatic nitrogens is 1. The van der Waals surface area contributed by atoms with E-state index in [0.717, 1.165) is 12.1 Å². The van der Waals surface area contributed by atoms with Crippen molar-refractivity contribution < 1.29 is 17.9 Å². The second-order valence-corrected chi connectivity index (χ2v) is 11.2. The van der Waals surface area contributed by atoms with Gasteiger partial charge in [-0.15, -0.1) is 0 Å². The zero-order valence-corrected chi connectivity index (χ0v) is 20.6. The summed E-state index contributed by atoms with van der Waals surface area (Å²) in [5.41, 5.74) is 1.10. The lowest BCUT2D eigenvalue weighted by molar-refractivity contribution is 0.102. The molecular weight excluding hydrogens is 490 g/mol. The number of fused-ring (bicyclic) bond motifs is 4. The van der Waals surface area contributed by atoms with Gasteiger partial charge in [0, 0.05) is 41.8 Å². The number of benzene rings is 2. The number of nitrogens with one attached hydrogen (secondary N) is 1. The lowest BCUT2D eigenvalue weighted by Gasteiger charge is -2.42.